The summed E-state index contributed by atoms with van der Waals surface area (Å²) in [7, 11) is 0. The SMILES string of the molecule is C=CCC(CC)CCNCc1ccc(Br)cc1O. The lowest BCUT2D eigenvalue weighted by Crippen LogP contribution is -2.17. The predicted octanol–water partition coefficient (Wildman–Crippen LogP) is 4.24. The molecule has 0 aliphatic rings. The number of phenols is 1. The monoisotopic (exact) mass is 311 g/mol. The van der Waals surface area contributed by atoms with Crippen LogP contribution in [-0.4, -0.2) is 11.7 Å². The van der Waals surface area contributed by atoms with E-state index < -0.39 is 0 Å². The first-order valence-electron chi connectivity index (χ1n) is 6.46. The fourth-order valence-corrected chi connectivity index (χ4v) is 2.29. The Morgan fingerprint density at radius 2 is 2.28 bits per heavy atom. The summed E-state index contributed by atoms with van der Waals surface area (Å²) in [5.74, 6) is 1.06. The number of aromatic hydroxyl groups is 1. The summed E-state index contributed by atoms with van der Waals surface area (Å²) in [6, 6.07) is 5.61. The third kappa shape index (κ3) is 5.23. The van der Waals surface area contributed by atoms with Crippen molar-refractivity contribution in [2.24, 2.45) is 5.92 Å². The number of rotatable bonds is 8. The highest BCUT2D eigenvalue weighted by Gasteiger charge is 2.04. The quantitative estimate of drug-likeness (QED) is 0.556. The maximum Gasteiger partial charge on any atom is 0.121 e. The molecule has 0 aliphatic carbocycles. The van der Waals surface area contributed by atoms with Crippen molar-refractivity contribution in [3.63, 3.8) is 0 Å². The molecule has 0 saturated carbocycles. The Hall–Kier alpha value is -0.800. The summed E-state index contributed by atoms with van der Waals surface area (Å²) >= 11 is 3.33. The minimum Gasteiger partial charge on any atom is -0.508 e. The maximum atomic E-state index is 9.75. The van der Waals surface area contributed by atoms with E-state index >= 15 is 0 Å². The van der Waals surface area contributed by atoms with E-state index in [1.165, 1.54) is 6.42 Å². The summed E-state index contributed by atoms with van der Waals surface area (Å²) in [4.78, 5) is 0. The van der Waals surface area contributed by atoms with E-state index in [4.69, 9.17) is 0 Å². The van der Waals surface area contributed by atoms with Gasteiger partial charge in [-0.2, -0.15) is 0 Å². The van der Waals surface area contributed by atoms with E-state index in [0.29, 0.717) is 18.2 Å². The normalized spacial score (nSPS) is 12.3. The molecule has 100 valence electrons. The Morgan fingerprint density at radius 3 is 2.89 bits per heavy atom. The molecule has 0 aliphatic heterocycles. The molecule has 0 fully saturated rings. The fraction of sp³-hybridized carbons (Fsp3) is 0.467. The van der Waals surface area contributed by atoms with E-state index in [9.17, 15) is 5.11 Å². The van der Waals surface area contributed by atoms with Crippen molar-refractivity contribution in [2.45, 2.75) is 32.7 Å². The molecule has 2 nitrogen and oxygen atoms in total. The number of hydrogen-bond acceptors (Lipinski definition) is 2. The number of nitrogens with one attached hydrogen (secondary N) is 1. The molecule has 0 radical (unpaired) electrons. The number of benzene rings is 1. The summed E-state index contributed by atoms with van der Waals surface area (Å²) in [6.45, 7) is 7.69. The second-order valence-electron chi connectivity index (χ2n) is 4.54. The molecular weight excluding hydrogens is 290 g/mol. The molecule has 1 aromatic carbocycles. The zero-order valence-electron chi connectivity index (χ0n) is 11.0. The number of allylic oxidation sites excluding steroid dienone is 1. The van der Waals surface area contributed by atoms with Gasteiger partial charge in [-0.25, -0.2) is 0 Å². The van der Waals surface area contributed by atoms with Gasteiger partial charge in [0, 0.05) is 16.6 Å². The molecule has 0 bridgehead atoms. The van der Waals surface area contributed by atoms with Crippen LogP contribution in [0.1, 0.15) is 31.7 Å². The van der Waals surface area contributed by atoms with Crippen molar-refractivity contribution >= 4 is 15.9 Å². The average molecular weight is 312 g/mol. The van der Waals surface area contributed by atoms with Gasteiger partial charge >= 0.3 is 0 Å². The van der Waals surface area contributed by atoms with Crippen LogP contribution < -0.4 is 5.32 Å². The average Bonchev–Trinajstić information content (AvgIpc) is 2.35. The van der Waals surface area contributed by atoms with Gasteiger partial charge in [0.2, 0.25) is 0 Å². The topological polar surface area (TPSA) is 32.3 Å². The van der Waals surface area contributed by atoms with Crippen LogP contribution in [-0.2, 0) is 6.54 Å². The first-order valence-corrected chi connectivity index (χ1v) is 7.25. The molecular formula is C15H22BrNO. The lowest BCUT2D eigenvalue weighted by molar-refractivity contribution is 0.445. The Bertz CT molecular complexity index is 379. The van der Waals surface area contributed by atoms with Crippen LogP contribution >= 0.6 is 15.9 Å². The molecule has 0 heterocycles. The van der Waals surface area contributed by atoms with Crippen LogP contribution in [0.2, 0.25) is 0 Å². The zero-order chi connectivity index (χ0) is 13.4. The van der Waals surface area contributed by atoms with E-state index in [2.05, 4.69) is 34.7 Å². The van der Waals surface area contributed by atoms with Crippen molar-refractivity contribution < 1.29 is 5.11 Å². The van der Waals surface area contributed by atoms with Crippen LogP contribution in [0.4, 0.5) is 0 Å². The molecule has 0 amide bonds. The third-order valence-corrected chi connectivity index (χ3v) is 3.66. The van der Waals surface area contributed by atoms with E-state index in [1.54, 1.807) is 6.07 Å². The molecule has 0 spiro atoms. The van der Waals surface area contributed by atoms with Crippen molar-refractivity contribution in [2.75, 3.05) is 6.54 Å². The zero-order valence-corrected chi connectivity index (χ0v) is 12.5. The first kappa shape index (κ1) is 15.3. The van der Waals surface area contributed by atoms with Gasteiger partial charge in [0.25, 0.3) is 0 Å². The lowest BCUT2D eigenvalue weighted by Gasteiger charge is -2.13. The third-order valence-electron chi connectivity index (χ3n) is 3.17. The second kappa shape index (κ2) is 8.33. The summed E-state index contributed by atoms with van der Waals surface area (Å²) < 4.78 is 0.904. The standard InChI is InChI=1S/C15H22BrNO/c1-3-5-12(4-2)8-9-17-11-13-6-7-14(16)10-15(13)18/h3,6-7,10,12,17-18H,1,4-5,8-9,11H2,2H3. The largest absolute Gasteiger partial charge is 0.508 e. The van der Waals surface area contributed by atoms with Gasteiger partial charge in [-0.1, -0.05) is 41.4 Å². The summed E-state index contributed by atoms with van der Waals surface area (Å²) in [6.07, 6.45) is 5.42. The van der Waals surface area contributed by atoms with Crippen LogP contribution in [0, 0.1) is 5.92 Å². The minimum atomic E-state index is 0.343. The fourth-order valence-electron chi connectivity index (χ4n) is 1.94. The van der Waals surface area contributed by atoms with Crippen molar-refractivity contribution in [3.8, 4) is 5.75 Å². The number of hydrogen-bond donors (Lipinski definition) is 2. The maximum absolute atomic E-state index is 9.75. The van der Waals surface area contributed by atoms with Gasteiger partial charge < -0.3 is 10.4 Å². The predicted molar refractivity (Wildman–Crippen MR) is 80.7 cm³/mol. The number of phenolic OH excluding ortho intramolecular Hbond substituents is 1. The highest BCUT2D eigenvalue weighted by Crippen LogP contribution is 2.22. The molecule has 1 unspecified atom stereocenters. The van der Waals surface area contributed by atoms with Crippen LogP contribution in [0.15, 0.2) is 35.3 Å². The molecule has 1 atom stereocenters. The molecule has 1 rings (SSSR count). The van der Waals surface area contributed by atoms with Crippen molar-refractivity contribution in [3.05, 3.63) is 40.9 Å². The molecule has 1 aromatic rings. The van der Waals surface area contributed by atoms with E-state index in [-0.39, 0.29) is 0 Å². The van der Waals surface area contributed by atoms with Gasteiger partial charge in [0.05, 0.1) is 0 Å². The van der Waals surface area contributed by atoms with Crippen LogP contribution in [0.25, 0.3) is 0 Å². The lowest BCUT2D eigenvalue weighted by atomic mass is 9.98. The van der Waals surface area contributed by atoms with E-state index in [0.717, 1.165) is 29.4 Å². The van der Waals surface area contributed by atoms with Gasteiger partial charge in [-0.05, 0) is 37.4 Å². The van der Waals surface area contributed by atoms with Gasteiger partial charge in [-0.3, -0.25) is 0 Å². The van der Waals surface area contributed by atoms with E-state index in [1.807, 2.05) is 18.2 Å². The van der Waals surface area contributed by atoms with Crippen molar-refractivity contribution in [1.29, 1.82) is 0 Å². The molecule has 0 saturated heterocycles. The summed E-state index contributed by atoms with van der Waals surface area (Å²) in [5, 5.41) is 13.1. The molecule has 18 heavy (non-hydrogen) atoms. The van der Waals surface area contributed by atoms with Crippen LogP contribution in [0.5, 0.6) is 5.75 Å². The van der Waals surface area contributed by atoms with Gasteiger partial charge in [0.15, 0.2) is 0 Å². The Morgan fingerprint density at radius 1 is 1.50 bits per heavy atom. The minimum absolute atomic E-state index is 0.343. The van der Waals surface area contributed by atoms with Gasteiger partial charge in [-0.15, -0.1) is 6.58 Å². The Labute approximate surface area is 118 Å². The highest BCUT2D eigenvalue weighted by molar-refractivity contribution is 9.10. The molecule has 2 N–H and O–H groups in total. The first-order chi connectivity index (χ1) is 8.67. The molecule has 3 heteroatoms. The second-order valence-corrected chi connectivity index (χ2v) is 5.45. The van der Waals surface area contributed by atoms with Gasteiger partial charge in [0.1, 0.15) is 5.75 Å². The smallest absolute Gasteiger partial charge is 0.121 e. The highest BCUT2D eigenvalue weighted by atomic mass is 79.9. The van der Waals surface area contributed by atoms with Crippen molar-refractivity contribution in [1.82, 2.24) is 5.32 Å². The Kier molecular flexibility index (Phi) is 7.06. The van der Waals surface area contributed by atoms with Crippen LogP contribution in [0.3, 0.4) is 0 Å². The Balaban J connectivity index is 2.31. The molecule has 0 aromatic heterocycles. The number of halogens is 1. The summed E-state index contributed by atoms with van der Waals surface area (Å²) in [5.41, 5.74) is 0.940.